The first kappa shape index (κ1) is 22.4. The highest BCUT2D eigenvalue weighted by Gasteiger charge is 2.39. The lowest BCUT2D eigenvalue weighted by Gasteiger charge is -2.39. The van der Waals surface area contributed by atoms with E-state index in [4.69, 9.17) is 21.1 Å². The first-order valence-corrected chi connectivity index (χ1v) is 12.4. The number of fused-ring (bicyclic) bond motifs is 3. The third-order valence-corrected chi connectivity index (χ3v) is 7.84. The van der Waals surface area contributed by atoms with E-state index in [1.54, 1.807) is 7.11 Å². The maximum absolute atomic E-state index is 6.31. The molecule has 5 rings (SSSR count). The summed E-state index contributed by atoms with van der Waals surface area (Å²) in [5.74, 6) is 2.28. The van der Waals surface area contributed by atoms with Gasteiger partial charge in [0.25, 0.3) is 0 Å². The van der Waals surface area contributed by atoms with Gasteiger partial charge in [0.05, 0.1) is 17.6 Å². The van der Waals surface area contributed by atoms with Gasteiger partial charge in [-0.1, -0.05) is 54.1 Å². The van der Waals surface area contributed by atoms with E-state index in [1.165, 1.54) is 27.9 Å². The van der Waals surface area contributed by atoms with Gasteiger partial charge in [0.15, 0.2) is 11.5 Å². The Hall–Kier alpha value is -2.43. The number of hydrogen-bond acceptors (Lipinski definition) is 3. The molecule has 0 saturated carbocycles. The fourth-order valence-corrected chi connectivity index (χ4v) is 5.96. The number of nitrogens with one attached hydrogen (secondary N) is 1. The van der Waals surface area contributed by atoms with Crippen LogP contribution in [0.1, 0.15) is 46.2 Å². The summed E-state index contributed by atoms with van der Waals surface area (Å²) in [6.07, 6.45) is 5.77. The molecule has 170 valence electrons. The highest BCUT2D eigenvalue weighted by Crippen LogP contribution is 2.53. The van der Waals surface area contributed by atoms with Crippen LogP contribution < -0.4 is 14.8 Å². The number of aryl methyl sites for hydroxylation is 2. The average molecular weight is 525 g/mol. The maximum Gasteiger partial charge on any atom is 0.175 e. The van der Waals surface area contributed by atoms with Crippen molar-refractivity contribution in [1.82, 2.24) is 0 Å². The van der Waals surface area contributed by atoms with Crippen molar-refractivity contribution >= 4 is 33.2 Å². The van der Waals surface area contributed by atoms with Crippen LogP contribution in [0, 0.1) is 19.8 Å². The van der Waals surface area contributed by atoms with Crippen molar-refractivity contribution in [3.63, 3.8) is 0 Å². The average Bonchev–Trinajstić information content (AvgIpc) is 3.30. The summed E-state index contributed by atoms with van der Waals surface area (Å²) < 4.78 is 12.8. The van der Waals surface area contributed by atoms with Crippen LogP contribution in [-0.2, 0) is 6.61 Å². The molecular weight excluding hydrogens is 498 g/mol. The van der Waals surface area contributed by atoms with Crippen LogP contribution in [0.2, 0.25) is 5.02 Å². The molecular formula is C28H27BrClNO2. The lowest BCUT2D eigenvalue weighted by atomic mass is 9.75. The highest BCUT2D eigenvalue weighted by atomic mass is 79.9. The van der Waals surface area contributed by atoms with E-state index in [1.807, 2.05) is 24.3 Å². The highest BCUT2D eigenvalue weighted by molar-refractivity contribution is 9.10. The quantitative estimate of drug-likeness (QED) is 0.342. The number of anilines is 1. The summed E-state index contributed by atoms with van der Waals surface area (Å²) in [5, 5.41) is 4.58. The van der Waals surface area contributed by atoms with Gasteiger partial charge in [-0.15, -0.1) is 0 Å². The predicted molar refractivity (Wildman–Crippen MR) is 139 cm³/mol. The summed E-state index contributed by atoms with van der Waals surface area (Å²) in [7, 11) is 1.69. The van der Waals surface area contributed by atoms with Crippen LogP contribution >= 0.6 is 27.5 Å². The Kier molecular flexibility index (Phi) is 6.15. The van der Waals surface area contributed by atoms with Crippen molar-refractivity contribution < 1.29 is 9.47 Å². The molecule has 1 N–H and O–H groups in total. The molecule has 0 bridgehead atoms. The molecule has 0 amide bonds. The molecule has 1 aliphatic heterocycles. The second-order valence-electron chi connectivity index (χ2n) is 8.88. The lowest BCUT2D eigenvalue weighted by Crippen LogP contribution is -2.30. The van der Waals surface area contributed by atoms with Crippen molar-refractivity contribution in [1.29, 1.82) is 0 Å². The van der Waals surface area contributed by atoms with Crippen molar-refractivity contribution in [3.8, 4) is 11.5 Å². The van der Waals surface area contributed by atoms with Gasteiger partial charge in [-0.25, -0.2) is 0 Å². The molecule has 0 aromatic heterocycles. The van der Waals surface area contributed by atoms with Crippen molar-refractivity contribution in [3.05, 3.63) is 98.0 Å². The summed E-state index contributed by atoms with van der Waals surface area (Å²) in [5.41, 5.74) is 7.47. The van der Waals surface area contributed by atoms with Gasteiger partial charge in [-0.05, 0) is 82.6 Å². The van der Waals surface area contributed by atoms with Gasteiger partial charge in [0, 0.05) is 22.2 Å². The van der Waals surface area contributed by atoms with Crippen LogP contribution in [0.3, 0.4) is 0 Å². The Morgan fingerprint density at radius 2 is 1.88 bits per heavy atom. The zero-order chi connectivity index (χ0) is 23.1. The topological polar surface area (TPSA) is 30.5 Å². The van der Waals surface area contributed by atoms with Crippen LogP contribution in [-0.4, -0.2) is 7.11 Å². The van der Waals surface area contributed by atoms with Gasteiger partial charge in [0.1, 0.15) is 6.61 Å². The number of methoxy groups -OCH3 is 1. The molecule has 0 radical (unpaired) electrons. The molecule has 1 aliphatic carbocycles. The van der Waals surface area contributed by atoms with E-state index in [0.717, 1.165) is 16.5 Å². The van der Waals surface area contributed by atoms with Crippen molar-refractivity contribution in [2.45, 2.75) is 38.8 Å². The van der Waals surface area contributed by atoms with E-state index in [-0.39, 0.29) is 6.04 Å². The van der Waals surface area contributed by atoms with Crippen LogP contribution in [0.4, 0.5) is 5.69 Å². The second-order valence-corrected chi connectivity index (χ2v) is 10.1. The van der Waals surface area contributed by atoms with Crippen LogP contribution in [0.25, 0.3) is 0 Å². The Labute approximate surface area is 208 Å². The van der Waals surface area contributed by atoms with Crippen molar-refractivity contribution in [2.24, 2.45) is 5.92 Å². The molecule has 5 heteroatoms. The first-order chi connectivity index (χ1) is 16.0. The summed E-state index contributed by atoms with van der Waals surface area (Å²) in [6, 6.07) is 16.6. The minimum absolute atomic E-state index is 0.181. The number of hydrogen-bond donors (Lipinski definition) is 1. The Morgan fingerprint density at radius 3 is 2.67 bits per heavy atom. The van der Waals surface area contributed by atoms with Gasteiger partial charge in [-0.2, -0.15) is 0 Å². The molecule has 33 heavy (non-hydrogen) atoms. The number of ether oxygens (including phenoxy) is 2. The second kappa shape index (κ2) is 9.08. The van der Waals surface area contributed by atoms with Gasteiger partial charge in [0.2, 0.25) is 0 Å². The van der Waals surface area contributed by atoms with Crippen LogP contribution in [0.15, 0.2) is 65.2 Å². The largest absolute Gasteiger partial charge is 0.493 e. The molecule has 0 unspecified atom stereocenters. The lowest BCUT2D eigenvalue weighted by molar-refractivity contribution is 0.282. The van der Waals surface area contributed by atoms with E-state index in [9.17, 15) is 0 Å². The van der Waals surface area contributed by atoms with E-state index in [2.05, 4.69) is 71.5 Å². The SMILES string of the molecule is COc1cc([C@@H]2Nc3c(C)ccc(C)c3[C@@H]3C=CC[C@@H]32)cc(Br)c1OCc1ccccc1Cl. The Bertz CT molecular complexity index is 1240. The summed E-state index contributed by atoms with van der Waals surface area (Å²) in [6.45, 7) is 4.77. The molecule has 1 heterocycles. The van der Waals surface area contributed by atoms with E-state index >= 15 is 0 Å². The molecule has 3 atom stereocenters. The zero-order valence-electron chi connectivity index (χ0n) is 19.0. The van der Waals surface area contributed by atoms with E-state index in [0.29, 0.717) is 35.0 Å². The minimum atomic E-state index is 0.181. The summed E-state index contributed by atoms with van der Waals surface area (Å²) >= 11 is 10.1. The molecule has 0 saturated heterocycles. The third-order valence-electron chi connectivity index (χ3n) is 6.89. The minimum Gasteiger partial charge on any atom is -0.493 e. The van der Waals surface area contributed by atoms with Crippen LogP contribution in [0.5, 0.6) is 11.5 Å². The molecule has 2 aliphatic rings. The zero-order valence-corrected chi connectivity index (χ0v) is 21.3. The fraction of sp³-hybridized carbons (Fsp3) is 0.286. The van der Waals surface area contributed by atoms with Crippen molar-refractivity contribution in [2.75, 3.05) is 12.4 Å². The Morgan fingerprint density at radius 1 is 1.09 bits per heavy atom. The molecule has 3 aromatic carbocycles. The smallest absolute Gasteiger partial charge is 0.175 e. The van der Waals surface area contributed by atoms with Gasteiger partial charge in [-0.3, -0.25) is 0 Å². The monoisotopic (exact) mass is 523 g/mol. The first-order valence-electron chi connectivity index (χ1n) is 11.2. The van der Waals surface area contributed by atoms with Gasteiger partial charge < -0.3 is 14.8 Å². The number of benzene rings is 3. The summed E-state index contributed by atoms with van der Waals surface area (Å²) in [4.78, 5) is 0. The third kappa shape index (κ3) is 4.04. The Balaban J connectivity index is 1.49. The van der Waals surface area contributed by atoms with E-state index < -0.39 is 0 Å². The standard InChI is InChI=1S/C28H27BrClNO2/c1-16-11-12-17(2)26-25(16)20-8-6-9-21(20)27(31-26)19-13-22(29)28(24(14-19)32-3)33-15-18-7-4-5-10-23(18)30/h4-8,10-14,20-21,27,31H,9,15H2,1-3H3/t20-,21+,27+/m1/s1. The number of rotatable bonds is 5. The number of halogens is 2. The molecule has 3 nitrogen and oxygen atoms in total. The maximum atomic E-state index is 6.31. The van der Waals surface area contributed by atoms with Gasteiger partial charge >= 0.3 is 0 Å². The molecule has 3 aromatic rings. The fourth-order valence-electron chi connectivity index (χ4n) is 5.20. The predicted octanol–water partition coefficient (Wildman–Crippen LogP) is 8.13. The molecule has 0 spiro atoms. The molecule has 0 fully saturated rings. The normalized spacial score (nSPS) is 20.7. The number of allylic oxidation sites excluding steroid dienone is 2.